The first kappa shape index (κ1) is 56.2. The summed E-state index contributed by atoms with van der Waals surface area (Å²) in [5.41, 5.74) is 25.8. The van der Waals surface area contributed by atoms with Gasteiger partial charge in [0.1, 0.15) is 11.2 Å². The van der Waals surface area contributed by atoms with Crippen LogP contribution in [0.25, 0.3) is 187 Å². The predicted octanol–water partition coefficient (Wildman–Crippen LogP) is 25.5. The van der Waals surface area contributed by atoms with Crippen LogP contribution < -0.4 is 0 Å². The minimum Gasteiger partial charge on any atom is -0.456 e. The van der Waals surface area contributed by atoms with Crippen molar-refractivity contribution in [1.29, 1.82) is 0 Å². The predicted molar refractivity (Wildman–Crippen MR) is 417 cm³/mol. The van der Waals surface area contributed by atoms with E-state index in [0.717, 1.165) is 27.6 Å². The van der Waals surface area contributed by atoms with Crippen molar-refractivity contribution in [2.24, 2.45) is 0 Å². The van der Waals surface area contributed by atoms with Gasteiger partial charge in [-0.2, -0.15) is 0 Å². The number of benzene rings is 16. The number of rotatable bonds is 8. The molecule has 0 N–H and O–H groups in total. The van der Waals surface area contributed by atoms with Gasteiger partial charge in [-0.3, -0.25) is 0 Å². The minimum atomic E-state index is 0.902. The molecule has 0 unspecified atom stereocenters. The van der Waals surface area contributed by atoms with Gasteiger partial charge < -0.3 is 22.7 Å². The molecule has 462 valence electrons. The van der Waals surface area contributed by atoms with Gasteiger partial charge in [-0.15, -0.1) is 0 Å². The topological polar surface area (TPSA) is 32.9 Å². The van der Waals surface area contributed by atoms with Gasteiger partial charge in [0.2, 0.25) is 0 Å². The number of hydrogen-bond acceptors (Lipinski definition) is 1. The minimum absolute atomic E-state index is 0.902. The Kier molecular flexibility index (Phi) is 12.9. The molecule has 0 aliphatic heterocycles. The molecular formula is C94H60N4O. The number of aromatic nitrogens is 4. The van der Waals surface area contributed by atoms with Crippen LogP contribution in [0, 0.1) is 0 Å². The van der Waals surface area contributed by atoms with Crippen molar-refractivity contribution in [3.8, 4) is 67.3 Å². The first-order chi connectivity index (χ1) is 49.1. The number of furan rings is 1. The number of para-hydroxylation sites is 8. The molecule has 5 aromatic heterocycles. The van der Waals surface area contributed by atoms with E-state index in [4.69, 9.17) is 4.42 Å². The fourth-order valence-corrected chi connectivity index (χ4v) is 15.9. The maximum Gasteiger partial charge on any atom is 0.136 e. The van der Waals surface area contributed by atoms with Crippen molar-refractivity contribution in [2.45, 2.75) is 0 Å². The molecule has 99 heavy (non-hydrogen) atoms. The molecule has 21 aromatic rings. The van der Waals surface area contributed by atoms with Crippen molar-refractivity contribution in [1.82, 2.24) is 18.3 Å². The second kappa shape index (κ2) is 22.7. The molecule has 0 aliphatic rings. The van der Waals surface area contributed by atoms with E-state index >= 15 is 0 Å². The average molecular weight is 1260 g/mol. The Hall–Kier alpha value is -13.2. The first-order valence-corrected chi connectivity index (χ1v) is 34.0. The van der Waals surface area contributed by atoms with Gasteiger partial charge in [-0.05, 0) is 183 Å². The summed E-state index contributed by atoms with van der Waals surface area (Å²) in [6.07, 6.45) is 0. The van der Waals surface area contributed by atoms with Gasteiger partial charge in [-0.25, -0.2) is 0 Å². The number of fused-ring (bicyclic) bond motifs is 16. The summed E-state index contributed by atoms with van der Waals surface area (Å²) in [5.74, 6) is 0. The highest BCUT2D eigenvalue weighted by Crippen LogP contribution is 2.45. The molecular weight excluding hydrogens is 1200 g/mol. The van der Waals surface area contributed by atoms with Crippen molar-refractivity contribution < 1.29 is 4.42 Å². The lowest BCUT2D eigenvalue weighted by atomic mass is 9.97. The molecule has 0 amide bonds. The van der Waals surface area contributed by atoms with E-state index in [9.17, 15) is 0 Å². The summed E-state index contributed by atoms with van der Waals surface area (Å²) in [7, 11) is 0. The summed E-state index contributed by atoms with van der Waals surface area (Å²) in [4.78, 5) is 0. The smallest absolute Gasteiger partial charge is 0.136 e. The van der Waals surface area contributed by atoms with Crippen LogP contribution in [0.2, 0.25) is 0 Å². The molecule has 0 saturated heterocycles. The molecule has 5 heteroatoms. The van der Waals surface area contributed by atoms with Crippen LogP contribution in [0.4, 0.5) is 0 Å². The van der Waals surface area contributed by atoms with Crippen LogP contribution in [0.15, 0.2) is 368 Å². The van der Waals surface area contributed by atoms with E-state index in [1.165, 1.54) is 160 Å². The maximum absolute atomic E-state index is 6.31. The number of hydrogen-bond donors (Lipinski definition) is 0. The standard InChI is InChI=1S/C48H30N2O.C46H30N2/c1-2-13-33(14-3-1)49-41-20-8-5-16-35(41)39-29-31(25-27-44(39)49)32-26-28-45-40(30-32)36-17-6-10-22-43(36)50(45)42-21-9-4-15-34(42)37-19-12-24-47-48(37)38-18-7-11-23-46(38)51-47;1-3-11-31(12-4-1)33-20-19-32-21-24-38(28-36(32)27-33)48-44-18-10-8-16-40(44)42-30-35(23-26-46(42)48)34-22-25-45-41(29-34)39-15-7-9-17-43(39)47(45)37-13-5-2-6-14-37/h1-30H;1-30H. The highest BCUT2D eigenvalue weighted by molar-refractivity contribution is 6.17. The van der Waals surface area contributed by atoms with Crippen LogP contribution >= 0.6 is 0 Å². The molecule has 16 aromatic carbocycles. The van der Waals surface area contributed by atoms with E-state index in [1.54, 1.807) is 0 Å². The van der Waals surface area contributed by atoms with Crippen molar-refractivity contribution in [2.75, 3.05) is 0 Å². The third-order valence-electron chi connectivity index (χ3n) is 20.4. The van der Waals surface area contributed by atoms with Crippen LogP contribution in [0.5, 0.6) is 0 Å². The van der Waals surface area contributed by atoms with Crippen LogP contribution in [-0.2, 0) is 0 Å². The monoisotopic (exact) mass is 1260 g/mol. The number of nitrogens with zero attached hydrogens (tertiary/aromatic N) is 4. The van der Waals surface area contributed by atoms with E-state index in [0.29, 0.717) is 0 Å². The molecule has 0 aliphatic carbocycles. The molecule has 0 spiro atoms. The lowest BCUT2D eigenvalue weighted by molar-refractivity contribution is 0.669. The van der Waals surface area contributed by atoms with Gasteiger partial charge in [0.25, 0.3) is 0 Å². The molecule has 0 atom stereocenters. The second-order valence-corrected chi connectivity index (χ2v) is 25.9. The van der Waals surface area contributed by atoms with Gasteiger partial charge in [0, 0.05) is 76.5 Å². The maximum atomic E-state index is 6.31. The van der Waals surface area contributed by atoms with E-state index in [2.05, 4.69) is 376 Å². The van der Waals surface area contributed by atoms with Gasteiger partial charge in [0.15, 0.2) is 0 Å². The van der Waals surface area contributed by atoms with Crippen LogP contribution in [0.3, 0.4) is 0 Å². The van der Waals surface area contributed by atoms with E-state index in [1.807, 2.05) is 6.07 Å². The average Bonchev–Trinajstić information content (AvgIpc) is 1.59. The highest BCUT2D eigenvalue weighted by atomic mass is 16.3. The Morgan fingerprint density at radius 1 is 0.182 bits per heavy atom. The molecule has 5 heterocycles. The van der Waals surface area contributed by atoms with Crippen molar-refractivity contribution in [3.05, 3.63) is 364 Å². The second-order valence-electron chi connectivity index (χ2n) is 25.9. The van der Waals surface area contributed by atoms with Crippen LogP contribution in [-0.4, -0.2) is 18.3 Å². The fraction of sp³-hybridized carbons (Fsp3) is 0. The van der Waals surface area contributed by atoms with Crippen molar-refractivity contribution in [3.63, 3.8) is 0 Å². The van der Waals surface area contributed by atoms with Gasteiger partial charge >= 0.3 is 0 Å². The van der Waals surface area contributed by atoms with Crippen molar-refractivity contribution >= 4 is 120 Å². The van der Waals surface area contributed by atoms with Crippen LogP contribution in [0.1, 0.15) is 0 Å². The Balaban J connectivity index is 0.000000134. The summed E-state index contributed by atoms with van der Waals surface area (Å²) < 4.78 is 15.9. The summed E-state index contributed by atoms with van der Waals surface area (Å²) in [5, 5.41) is 14.8. The molecule has 5 nitrogen and oxygen atoms in total. The summed E-state index contributed by atoms with van der Waals surface area (Å²) in [6, 6.07) is 132. The Labute approximate surface area is 570 Å². The zero-order valence-electron chi connectivity index (χ0n) is 53.8. The molecule has 0 radical (unpaired) electrons. The largest absolute Gasteiger partial charge is 0.456 e. The first-order valence-electron chi connectivity index (χ1n) is 34.0. The lowest BCUT2D eigenvalue weighted by Gasteiger charge is -2.15. The molecule has 0 saturated carbocycles. The molecule has 0 bridgehead atoms. The highest BCUT2D eigenvalue weighted by Gasteiger charge is 2.22. The SMILES string of the molecule is c1ccc(-c2ccc3ccc(-n4c5ccccc5c5cc(-c6ccc7c(c6)c6ccccc6n7-c6ccccc6)ccc54)cc3c2)cc1.c1ccc(-n2c3ccccc3c3cc(-c4ccc5c(c4)c4ccccc4n5-c4ccccc4-c4cccc5oc6ccccc6c45)ccc32)cc1. The quantitative estimate of drug-likeness (QED) is 0.149. The Bertz CT molecular complexity index is 6780. The van der Waals surface area contributed by atoms with Gasteiger partial charge in [0.05, 0.1) is 49.8 Å². The van der Waals surface area contributed by atoms with E-state index in [-0.39, 0.29) is 0 Å². The Morgan fingerprint density at radius 2 is 0.545 bits per heavy atom. The zero-order chi connectivity index (χ0) is 65.1. The zero-order valence-corrected chi connectivity index (χ0v) is 53.8. The normalized spacial score (nSPS) is 11.8. The lowest BCUT2D eigenvalue weighted by Crippen LogP contribution is -1.97. The third-order valence-corrected chi connectivity index (χ3v) is 20.4. The van der Waals surface area contributed by atoms with Gasteiger partial charge in [-0.1, -0.05) is 231 Å². The molecule has 0 fully saturated rings. The summed E-state index contributed by atoms with van der Waals surface area (Å²) in [6.45, 7) is 0. The Morgan fingerprint density at radius 3 is 1.07 bits per heavy atom. The summed E-state index contributed by atoms with van der Waals surface area (Å²) >= 11 is 0. The van der Waals surface area contributed by atoms with E-state index < -0.39 is 0 Å². The molecule has 21 rings (SSSR count). The third kappa shape index (κ3) is 9.09. The fourth-order valence-electron chi connectivity index (χ4n) is 15.9.